The second-order valence-electron chi connectivity index (χ2n) is 6.68. The molecule has 29 heavy (non-hydrogen) atoms. The molecule has 0 radical (unpaired) electrons. The number of hydrogen-bond acceptors (Lipinski definition) is 6. The summed E-state index contributed by atoms with van der Waals surface area (Å²) in [5.41, 5.74) is 3.17. The molecular formula is C21H23N5O2S. The Balaban J connectivity index is 1.62. The first-order valence-corrected chi connectivity index (χ1v) is 10.7. The largest absolute Gasteiger partial charge is 0.378 e. The van der Waals surface area contributed by atoms with Gasteiger partial charge in [0.25, 0.3) is 0 Å². The summed E-state index contributed by atoms with van der Waals surface area (Å²) in [6.07, 6.45) is 4.46. The predicted octanol–water partition coefficient (Wildman–Crippen LogP) is 2.84. The molecule has 1 fully saturated rings. The summed E-state index contributed by atoms with van der Waals surface area (Å²) < 4.78 is 7.33. The van der Waals surface area contributed by atoms with E-state index in [2.05, 4.69) is 46.4 Å². The Morgan fingerprint density at radius 1 is 1.07 bits per heavy atom. The fraction of sp³-hybridized carbons (Fsp3) is 0.333. The quantitative estimate of drug-likeness (QED) is 0.583. The van der Waals surface area contributed by atoms with Gasteiger partial charge in [-0.3, -0.25) is 14.3 Å². The van der Waals surface area contributed by atoms with Crippen molar-refractivity contribution < 1.29 is 9.53 Å². The first kappa shape index (κ1) is 19.6. The number of morpholine rings is 1. The third kappa shape index (κ3) is 4.49. The number of ether oxygens (including phenoxy) is 1. The summed E-state index contributed by atoms with van der Waals surface area (Å²) >= 11 is 1.41. The van der Waals surface area contributed by atoms with Crippen molar-refractivity contribution in [3.05, 3.63) is 54.4 Å². The molecule has 3 aromatic rings. The average molecular weight is 410 g/mol. The highest BCUT2D eigenvalue weighted by Gasteiger charge is 2.20. The van der Waals surface area contributed by atoms with E-state index in [0.29, 0.717) is 37.2 Å². The number of aromatic nitrogens is 4. The Kier molecular flexibility index (Phi) is 6.21. The van der Waals surface area contributed by atoms with E-state index in [1.54, 1.807) is 12.4 Å². The number of aryl methyl sites for hydroxylation is 1. The SMILES string of the molecule is CCc1ccc(-n2c(SCC(=O)N3CCOCC3)nnc2-c2ccncc2)cc1. The topological polar surface area (TPSA) is 73.1 Å². The van der Waals surface area contributed by atoms with Crippen LogP contribution in [-0.4, -0.2) is 62.6 Å². The molecule has 8 heteroatoms. The van der Waals surface area contributed by atoms with Crippen molar-refractivity contribution in [3.63, 3.8) is 0 Å². The molecule has 1 aliphatic heterocycles. The monoisotopic (exact) mass is 409 g/mol. The van der Waals surface area contributed by atoms with Gasteiger partial charge in [0.1, 0.15) is 0 Å². The average Bonchev–Trinajstić information content (AvgIpc) is 3.22. The minimum Gasteiger partial charge on any atom is -0.378 e. The summed E-state index contributed by atoms with van der Waals surface area (Å²) in [6, 6.07) is 12.2. The molecule has 2 aromatic heterocycles. The molecule has 7 nitrogen and oxygen atoms in total. The van der Waals surface area contributed by atoms with Gasteiger partial charge >= 0.3 is 0 Å². The molecule has 0 atom stereocenters. The lowest BCUT2D eigenvalue weighted by atomic mass is 10.1. The summed E-state index contributed by atoms with van der Waals surface area (Å²) in [4.78, 5) is 18.5. The van der Waals surface area contributed by atoms with Gasteiger partial charge in [-0.25, -0.2) is 0 Å². The Morgan fingerprint density at radius 3 is 2.48 bits per heavy atom. The first-order valence-electron chi connectivity index (χ1n) is 9.69. The predicted molar refractivity (Wildman–Crippen MR) is 112 cm³/mol. The first-order chi connectivity index (χ1) is 14.3. The van der Waals surface area contributed by atoms with Gasteiger partial charge in [-0.15, -0.1) is 10.2 Å². The zero-order chi connectivity index (χ0) is 20.1. The van der Waals surface area contributed by atoms with Crippen molar-refractivity contribution in [2.75, 3.05) is 32.1 Å². The number of carbonyl (C=O) groups is 1. The smallest absolute Gasteiger partial charge is 0.233 e. The number of carbonyl (C=O) groups excluding carboxylic acids is 1. The maximum atomic E-state index is 12.6. The molecule has 4 rings (SSSR count). The van der Waals surface area contributed by atoms with Crippen molar-refractivity contribution in [1.29, 1.82) is 0 Å². The zero-order valence-corrected chi connectivity index (χ0v) is 17.1. The highest BCUT2D eigenvalue weighted by atomic mass is 32.2. The second kappa shape index (κ2) is 9.19. The highest BCUT2D eigenvalue weighted by molar-refractivity contribution is 7.99. The Labute approximate surface area is 174 Å². The Bertz CT molecular complexity index is 953. The molecule has 150 valence electrons. The fourth-order valence-corrected chi connectivity index (χ4v) is 4.05. The third-order valence-electron chi connectivity index (χ3n) is 4.86. The van der Waals surface area contributed by atoms with Gasteiger partial charge in [-0.05, 0) is 36.2 Å². The van der Waals surface area contributed by atoms with E-state index in [0.717, 1.165) is 23.5 Å². The van der Waals surface area contributed by atoms with Crippen LogP contribution in [0.4, 0.5) is 0 Å². The van der Waals surface area contributed by atoms with E-state index in [1.165, 1.54) is 17.3 Å². The van der Waals surface area contributed by atoms with E-state index >= 15 is 0 Å². The molecule has 1 aromatic carbocycles. The Morgan fingerprint density at radius 2 is 1.79 bits per heavy atom. The molecule has 0 unspecified atom stereocenters. The van der Waals surface area contributed by atoms with Crippen molar-refractivity contribution >= 4 is 17.7 Å². The van der Waals surface area contributed by atoms with Crippen LogP contribution in [0.15, 0.2) is 53.9 Å². The summed E-state index contributed by atoms with van der Waals surface area (Å²) in [6.45, 7) is 4.62. The summed E-state index contributed by atoms with van der Waals surface area (Å²) in [5.74, 6) is 1.15. The van der Waals surface area contributed by atoms with Crippen molar-refractivity contribution in [3.8, 4) is 17.1 Å². The fourth-order valence-electron chi connectivity index (χ4n) is 3.20. The summed E-state index contributed by atoms with van der Waals surface area (Å²) in [7, 11) is 0. The zero-order valence-electron chi connectivity index (χ0n) is 16.3. The standard InChI is InChI=1S/C21H23N5O2S/c1-2-16-3-5-18(6-4-16)26-20(17-7-9-22-10-8-17)23-24-21(26)29-15-19(27)25-11-13-28-14-12-25/h3-10H,2,11-15H2,1H3. The van der Waals surface area contributed by atoms with E-state index in [4.69, 9.17) is 4.74 Å². The van der Waals surface area contributed by atoms with Crippen LogP contribution in [0.2, 0.25) is 0 Å². The van der Waals surface area contributed by atoms with Crippen LogP contribution in [0.3, 0.4) is 0 Å². The maximum absolute atomic E-state index is 12.6. The van der Waals surface area contributed by atoms with Gasteiger partial charge in [-0.1, -0.05) is 30.8 Å². The molecule has 0 saturated carbocycles. The van der Waals surface area contributed by atoms with Crippen molar-refractivity contribution in [2.45, 2.75) is 18.5 Å². The minimum atomic E-state index is 0.0969. The third-order valence-corrected chi connectivity index (χ3v) is 5.78. The van der Waals surface area contributed by atoms with Crippen LogP contribution in [0.1, 0.15) is 12.5 Å². The number of pyridine rings is 1. The number of thioether (sulfide) groups is 1. The van der Waals surface area contributed by atoms with Crippen LogP contribution >= 0.6 is 11.8 Å². The lowest BCUT2D eigenvalue weighted by Crippen LogP contribution is -2.41. The normalized spacial score (nSPS) is 14.2. The molecule has 1 amide bonds. The van der Waals surface area contributed by atoms with Crippen LogP contribution in [-0.2, 0) is 16.0 Å². The lowest BCUT2D eigenvalue weighted by Gasteiger charge is -2.26. The van der Waals surface area contributed by atoms with Gasteiger partial charge in [0.05, 0.1) is 19.0 Å². The minimum absolute atomic E-state index is 0.0969. The number of hydrogen-bond donors (Lipinski definition) is 0. The van der Waals surface area contributed by atoms with Crippen LogP contribution in [0.25, 0.3) is 17.1 Å². The highest BCUT2D eigenvalue weighted by Crippen LogP contribution is 2.28. The van der Waals surface area contributed by atoms with Crippen LogP contribution < -0.4 is 0 Å². The molecule has 3 heterocycles. The van der Waals surface area contributed by atoms with Gasteiger partial charge in [0, 0.05) is 36.7 Å². The molecule has 0 spiro atoms. The number of benzene rings is 1. The molecule has 0 aliphatic carbocycles. The number of amides is 1. The van der Waals surface area contributed by atoms with Gasteiger partial charge in [-0.2, -0.15) is 0 Å². The van der Waals surface area contributed by atoms with E-state index in [1.807, 2.05) is 21.6 Å². The van der Waals surface area contributed by atoms with Crippen LogP contribution in [0, 0.1) is 0 Å². The van der Waals surface area contributed by atoms with Crippen LogP contribution in [0.5, 0.6) is 0 Å². The lowest BCUT2D eigenvalue weighted by molar-refractivity contribution is -0.132. The van der Waals surface area contributed by atoms with Gasteiger partial charge in [0.2, 0.25) is 5.91 Å². The van der Waals surface area contributed by atoms with E-state index in [9.17, 15) is 4.79 Å². The van der Waals surface area contributed by atoms with E-state index < -0.39 is 0 Å². The molecule has 0 bridgehead atoms. The second-order valence-corrected chi connectivity index (χ2v) is 7.62. The molecular weight excluding hydrogens is 386 g/mol. The molecule has 1 saturated heterocycles. The number of rotatable bonds is 6. The Hall–Kier alpha value is -2.71. The van der Waals surface area contributed by atoms with E-state index in [-0.39, 0.29) is 5.91 Å². The van der Waals surface area contributed by atoms with Crippen molar-refractivity contribution in [2.24, 2.45) is 0 Å². The van der Waals surface area contributed by atoms with Crippen molar-refractivity contribution in [1.82, 2.24) is 24.6 Å². The van der Waals surface area contributed by atoms with Gasteiger partial charge < -0.3 is 9.64 Å². The maximum Gasteiger partial charge on any atom is 0.233 e. The van der Waals surface area contributed by atoms with Gasteiger partial charge in [0.15, 0.2) is 11.0 Å². The molecule has 0 N–H and O–H groups in total. The number of nitrogens with zero attached hydrogens (tertiary/aromatic N) is 5. The molecule has 1 aliphatic rings. The summed E-state index contributed by atoms with van der Waals surface area (Å²) in [5, 5.41) is 9.50.